The summed E-state index contributed by atoms with van der Waals surface area (Å²) in [6.45, 7) is 2.16. The van der Waals surface area contributed by atoms with Crippen LogP contribution in [-0.4, -0.2) is 35.6 Å². The first-order chi connectivity index (χ1) is 15.1. The number of carbonyl (C=O) groups excluding carboxylic acids is 1. The van der Waals surface area contributed by atoms with Gasteiger partial charge in [-0.25, -0.2) is 4.79 Å². The van der Waals surface area contributed by atoms with Gasteiger partial charge in [0, 0.05) is 12.5 Å². The number of carbonyl (C=O) groups is 1. The molecule has 0 radical (unpaired) electrons. The van der Waals surface area contributed by atoms with E-state index in [9.17, 15) is 15.0 Å². The van der Waals surface area contributed by atoms with Crippen LogP contribution in [0.3, 0.4) is 0 Å². The molecule has 5 heteroatoms. The Morgan fingerprint density at radius 1 is 0.935 bits per heavy atom. The van der Waals surface area contributed by atoms with Crippen LogP contribution in [0.5, 0.6) is 0 Å². The number of nitrogens with one attached hydrogen (secondary N) is 1. The van der Waals surface area contributed by atoms with Crippen molar-refractivity contribution in [1.29, 1.82) is 0 Å². The number of alkyl carbamates (subject to hydrolysis) is 1. The SMILES string of the molecule is CCc1ccc(C(O)C(O)CNC(=O)OCC2c3ccccc3-c3ccccc32)cc1. The van der Waals surface area contributed by atoms with Crippen LogP contribution in [0, 0.1) is 0 Å². The predicted octanol–water partition coefficient (Wildman–Crippen LogP) is 4.18. The maximum absolute atomic E-state index is 12.2. The van der Waals surface area contributed by atoms with E-state index >= 15 is 0 Å². The number of aliphatic hydroxyl groups is 2. The van der Waals surface area contributed by atoms with Gasteiger partial charge in [-0.05, 0) is 39.8 Å². The molecule has 1 amide bonds. The molecule has 2 unspecified atom stereocenters. The molecule has 0 spiro atoms. The van der Waals surface area contributed by atoms with E-state index in [0.29, 0.717) is 5.56 Å². The molecule has 1 aliphatic carbocycles. The van der Waals surface area contributed by atoms with Gasteiger partial charge in [-0.2, -0.15) is 0 Å². The molecule has 0 saturated carbocycles. The molecule has 2 atom stereocenters. The number of hydrogen-bond donors (Lipinski definition) is 3. The van der Waals surface area contributed by atoms with E-state index in [1.807, 2.05) is 36.4 Å². The Kier molecular flexibility index (Phi) is 6.35. The Morgan fingerprint density at radius 2 is 1.52 bits per heavy atom. The van der Waals surface area contributed by atoms with Crippen LogP contribution < -0.4 is 5.32 Å². The van der Waals surface area contributed by atoms with Crippen molar-refractivity contribution in [1.82, 2.24) is 5.32 Å². The monoisotopic (exact) mass is 417 g/mol. The summed E-state index contributed by atoms with van der Waals surface area (Å²) in [6, 6.07) is 23.7. The van der Waals surface area contributed by atoms with Gasteiger partial charge in [-0.3, -0.25) is 0 Å². The van der Waals surface area contributed by atoms with Crippen LogP contribution in [0.1, 0.15) is 41.2 Å². The van der Waals surface area contributed by atoms with Crippen LogP contribution in [-0.2, 0) is 11.2 Å². The first-order valence-electron chi connectivity index (χ1n) is 10.6. The molecule has 5 nitrogen and oxygen atoms in total. The van der Waals surface area contributed by atoms with Crippen molar-refractivity contribution >= 4 is 6.09 Å². The third-order valence-corrected chi connectivity index (χ3v) is 5.89. The third kappa shape index (κ3) is 4.48. The summed E-state index contributed by atoms with van der Waals surface area (Å²) in [6.07, 6.45) is -1.93. The van der Waals surface area contributed by atoms with Gasteiger partial charge < -0.3 is 20.3 Å². The molecule has 160 valence electrons. The first-order valence-corrected chi connectivity index (χ1v) is 10.6. The molecule has 0 fully saturated rings. The summed E-state index contributed by atoms with van der Waals surface area (Å²) in [5, 5.41) is 23.2. The average Bonchev–Trinajstić information content (AvgIpc) is 3.14. The molecule has 3 N–H and O–H groups in total. The Bertz CT molecular complexity index is 1000. The molecule has 0 heterocycles. The number of aliphatic hydroxyl groups excluding tert-OH is 2. The van der Waals surface area contributed by atoms with E-state index in [-0.39, 0.29) is 19.1 Å². The summed E-state index contributed by atoms with van der Waals surface area (Å²) in [7, 11) is 0. The molecule has 0 aromatic heterocycles. The van der Waals surface area contributed by atoms with Gasteiger partial charge in [0.25, 0.3) is 0 Å². The van der Waals surface area contributed by atoms with Crippen LogP contribution >= 0.6 is 0 Å². The van der Waals surface area contributed by atoms with Crippen LogP contribution in [0.4, 0.5) is 4.79 Å². The van der Waals surface area contributed by atoms with E-state index in [4.69, 9.17) is 4.74 Å². The molecular weight excluding hydrogens is 390 g/mol. The van der Waals surface area contributed by atoms with E-state index in [1.54, 1.807) is 12.1 Å². The molecule has 0 bridgehead atoms. The van der Waals surface area contributed by atoms with Gasteiger partial charge in [0.05, 0.1) is 0 Å². The fourth-order valence-corrected chi connectivity index (χ4v) is 4.12. The van der Waals surface area contributed by atoms with Crippen molar-refractivity contribution in [2.24, 2.45) is 0 Å². The lowest BCUT2D eigenvalue weighted by molar-refractivity contribution is 0.0185. The number of fused-ring (bicyclic) bond motifs is 3. The van der Waals surface area contributed by atoms with Gasteiger partial charge >= 0.3 is 6.09 Å². The lowest BCUT2D eigenvalue weighted by Gasteiger charge is -2.19. The van der Waals surface area contributed by atoms with Crippen molar-refractivity contribution in [3.8, 4) is 11.1 Å². The van der Waals surface area contributed by atoms with Crippen molar-refractivity contribution in [3.05, 3.63) is 95.1 Å². The Morgan fingerprint density at radius 3 is 2.10 bits per heavy atom. The first kappa shape index (κ1) is 21.1. The second-order valence-corrected chi connectivity index (χ2v) is 7.81. The lowest BCUT2D eigenvalue weighted by Crippen LogP contribution is -2.36. The van der Waals surface area contributed by atoms with E-state index < -0.39 is 18.3 Å². The maximum atomic E-state index is 12.2. The number of benzene rings is 3. The molecular formula is C26H27NO4. The quantitative estimate of drug-likeness (QED) is 0.539. The highest BCUT2D eigenvalue weighted by molar-refractivity contribution is 5.79. The molecule has 0 saturated heterocycles. The zero-order valence-corrected chi connectivity index (χ0v) is 17.5. The summed E-state index contributed by atoms with van der Waals surface area (Å²) in [5.74, 6) is -0.0225. The van der Waals surface area contributed by atoms with E-state index in [1.165, 1.54) is 11.1 Å². The van der Waals surface area contributed by atoms with Crippen molar-refractivity contribution in [2.75, 3.05) is 13.2 Å². The van der Waals surface area contributed by atoms with E-state index in [2.05, 4.69) is 36.5 Å². The maximum Gasteiger partial charge on any atom is 0.407 e. The minimum atomic E-state index is -1.13. The minimum Gasteiger partial charge on any atom is -0.449 e. The van der Waals surface area contributed by atoms with Gasteiger partial charge in [0.2, 0.25) is 0 Å². The summed E-state index contributed by atoms with van der Waals surface area (Å²) in [4.78, 5) is 12.2. The smallest absolute Gasteiger partial charge is 0.407 e. The minimum absolute atomic E-state index is 0.0225. The Labute approximate surface area is 182 Å². The zero-order valence-electron chi connectivity index (χ0n) is 17.5. The molecule has 3 aromatic rings. The molecule has 31 heavy (non-hydrogen) atoms. The predicted molar refractivity (Wildman–Crippen MR) is 120 cm³/mol. The van der Waals surface area contributed by atoms with Gasteiger partial charge in [0.1, 0.15) is 18.8 Å². The van der Waals surface area contributed by atoms with Crippen LogP contribution in [0.2, 0.25) is 0 Å². The average molecular weight is 418 g/mol. The van der Waals surface area contributed by atoms with Crippen LogP contribution in [0.25, 0.3) is 11.1 Å². The second kappa shape index (κ2) is 9.33. The number of rotatable bonds is 7. The summed E-state index contributed by atoms with van der Waals surface area (Å²) >= 11 is 0. The standard InChI is InChI=1S/C26H27NO4/c1-2-17-11-13-18(14-12-17)25(29)24(28)15-27-26(30)31-16-23-21-9-5-3-7-19(21)20-8-4-6-10-22(20)23/h3-14,23-25,28-29H,2,15-16H2,1H3,(H,27,30). The highest BCUT2D eigenvalue weighted by Crippen LogP contribution is 2.44. The highest BCUT2D eigenvalue weighted by atomic mass is 16.5. The highest BCUT2D eigenvalue weighted by Gasteiger charge is 2.29. The summed E-state index contributed by atoms with van der Waals surface area (Å²) < 4.78 is 5.46. The van der Waals surface area contributed by atoms with Gasteiger partial charge in [-0.1, -0.05) is 79.7 Å². The zero-order chi connectivity index (χ0) is 21.8. The topological polar surface area (TPSA) is 78.8 Å². The number of hydrogen-bond acceptors (Lipinski definition) is 4. The number of amides is 1. The fraction of sp³-hybridized carbons (Fsp3) is 0.269. The lowest BCUT2D eigenvalue weighted by atomic mass is 9.98. The van der Waals surface area contributed by atoms with Gasteiger partial charge in [0.15, 0.2) is 0 Å². The van der Waals surface area contributed by atoms with Crippen molar-refractivity contribution in [2.45, 2.75) is 31.5 Å². The molecule has 1 aliphatic rings. The van der Waals surface area contributed by atoms with Crippen LogP contribution in [0.15, 0.2) is 72.8 Å². The third-order valence-electron chi connectivity index (χ3n) is 5.89. The second-order valence-electron chi connectivity index (χ2n) is 7.81. The fourth-order valence-electron chi connectivity index (χ4n) is 4.12. The van der Waals surface area contributed by atoms with Gasteiger partial charge in [-0.15, -0.1) is 0 Å². The van der Waals surface area contributed by atoms with E-state index in [0.717, 1.165) is 23.1 Å². The normalized spacial score (nSPS) is 14.4. The molecule has 4 rings (SSSR count). The largest absolute Gasteiger partial charge is 0.449 e. The Hall–Kier alpha value is -3.15. The van der Waals surface area contributed by atoms with Crippen molar-refractivity contribution in [3.63, 3.8) is 0 Å². The number of aryl methyl sites for hydroxylation is 1. The summed E-state index contributed by atoms with van der Waals surface area (Å²) in [5.41, 5.74) is 6.38. The molecule has 3 aromatic carbocycles. The molecule has 0 aliphatic heterocycles. The number of ether oxygens (including phenoxy) is 1. The van der Waals surface area contributed by atoms with Crippen molar-refractivity contribution < 1.29 is 19.7 Å². The Balaban J connectivity index is 1.32.